The summed E-state index contributed by atoms with van der Waals surface area (Å²) in [5.74, 6) is -0.739. The molecule has 0 spiro atoms. The molecule has 1 saturated heterocycles. The van der Waals surface area contributed by atoms with Gasteiger partial charge in [0.25, 0.3) is 0 Å². The summed E-state index contributed by atoms with van der Waals surface area (Å²) in [7, 11) is 0. The van der Waals surface area contributed by atoms with Crippen LogP contribution in [0.5, 0.6) is 0 Å². The molecule has 0 aromatic rings. The van der Waals surface area contributed by atoms with Crippen LogP contribution in [0.1, 0.15) is 6.92 Å². The lowest BCUT2D eigenvalue weighted by Crippen LogP contribution is -2.43. The molecule has 0 saturated carbocycles. The van der Waals surface area contributed by atoms with Crippen LogP contribution in [0.25, 0.3) is 0 Å². The first-order valence-corrected chi connectivity index (χ1v) is 4.44. The largest absolute Gasteiger partial charge is 0.480 e. The van der Waals surface area contributed by atoms with Crippen LogP contribution in [0.4, 0.5) is 4.79 Å². The van der Waals surface area contributed by atoms with Crippen molar-refractivity contribution in [2.75, 3.05) is 5.75 Å². The first-order chi connectivity index (χ1) is 5.54. The van der Waals surface area contributed by atoms with Crippen molar-refractivity contribution in [1.82, 2.24) is 4.90 Å². The zero-order valence-corrected chi connectivity index (χ0v) is 7.24. The van der Waals surface area contributed by atoms with Crippen molar-refractivity contribution in [3.8, 4) is 0 Å². The second-order valence-electron chi connectivity index (χ2n) is 2.48. The van der Waals surface area contributed by atoms with E-state index >= 15 is 0 Å². The standard InChI is InChI=1S/C6H9NO4S/c1-3-7(6(10)11)4(2-12-3)5(8)9/h3-4H,2H2,1H3,(H,8,9)(H,10,11)/t3-,4?/m1/s1. The first kappa shape index (κ1) is 9.18. The molecule has 2 atom stereocenters. The van der Waals surface area contributed by atoms with Crippen molar-refractivity contribution in [1.29, 1.82) is 0 Å². The van der Waals surface area contributed by atoms with E-state index in [0.717, 1.165) is 4.90 Å². The number of carboxylic acid groups (broad SMARTS) is 2. The van der Waals surface area contributed by atoms with Crippen LogP contribution in [-0.4, -0.2) is 44.3 Å². The number of thioether (sulfide) groups is 1. The summed E-state index contributed by atoms with van der Waals surface area (Å²) < 4.78 is 0. The van der Waals surface area contributed by atoms with Gasteiger partial charge >= 0.3 is 12.1 Å². The quantitative estimate of drug-likeness (QED) is 0.631. The summed E-state index contributed by atoms with van der Waals surface area (Å²) in [5.41, 5.74) is 0. The Morgan fingerprint density at radius 1 is 1.50 bits per heavy atom. The highest BCUT2D eigenvalue weighted by Gasteiger charge is 2.39. The predicted octanol–water partition coefficient (Wildman–Crippen LogP) is 0.512. The molecule has 0 aromatic carbocycles. The molecular formula is C6H9NO4S. The minimum Gasteiger partial charge on any atom is -0.480 e. The maximum absolute atomic E-state index is 10.6. The van der Waals surface area contributed by atoms with Gasteiger partial charge in [-0.15, -0.1) is 11.8 Å². The fourth-order valence-electron chi connectivity index (χ4n) is 1.12. The number of aliphatic carboxylic acids is 1. The topological polar surface area (TPSA) is 77.8 Å². The van der Waals surface area contributed by atoms with Gasteiger partial charge in [0.15, 0.2) is 0 Å². The van der Waals surface area contributed by atoms with Gasteiger partial charge in [-0.2, -0.15) is 0 Å². The van der Waals surface area contributed by atoms with Crippen LogP contribution in [0.2, 0.25) is 0 Å². The maximum atomic E-state index is 10.6. The highest BCUT2D eigenvalue weighted by atomic mass is 32.2. The Morgan fingerprint density at radius 3 is 2.42 bits per heavy atom. The molecule has 0 aromatic heterocycles. The molecule has 6 heteroatoms. The summed E-state index contributed by atoms with van der Waals surface area (Å²) in [5, 5.41) is 17.0. The maximum Gasteiger partial charge on any atom is 0.408 e. The van der Waals surface area contributed by atoms with Crippen LogP contribution in [0.3, 0.4) is 0 Å². The van der Waals surface area contributed by atoms with Crippen LogP contribution >= 0.6 is 11.8 Å². The van der Waals surface area contributed by atoms with Gasteiger partial charge in [0.2, 0.25) is 0 Å². The number of carbonyl (C=O) groups is 2. The lowest BCUT2D eigenvalue weighted by molar-refractivity contribution is -0.141. The minimum absolute atomic E-state index is 0.261. The van der Waals surface area contributed by atoms with Gasteiger partial charge in [-0.05, 0) is 6.92 Å². The molecule has 68 valence electrons. The van der Waals surface area contributed by atoms with Crippen molar-refractivity contribution in [2.45, 2.75) is 18.3 Å². The van der Waals surface area contributed by atoms with E-state index in [1.165, 1.54) is 11.8 Å². The average molecular weight is 191 g/mol. The van der Waals surface area contributed by atoms with Gasteiger partial charge in [0.05, 0.1) is 5.37 Å². The molecule has 1 unspecified atom stereocenters. The van der Waals surface area contributed by atoms with Crippen LogP contribution in [-0.2, 0) is 4.79 Å². The van der Waals surface area contributed by atoms with Gasteiger partial charge in [-0.3, -0.25) is 4.90 Å². The molecule has 0 bridgehead atoms. The highest BCUT2D eigenvalue weighted by molar-refractivity contribution is 8.00. The van der Waals surface area contributed by atoms with Gasteiger partial charge < -0.3 is 10.2 Å². The molecule has 1 amide bonds. The summed E-state index contributed by atoms with van der Waals surface area (Å²) in [6.07, 6.45) is -1.17. The number of carboxylic acids is 1. The number of hydrogen-bond donors (Lipinski definition) is 2. The van der Waals surface area contributed by atoms with E-state index < -0.39 is 18.1 Å². The fourth-order valence-corrected chi connectivity index (χ4v) is 2.29. The van der Waals surface area contributed by atoms with Gasteiger partial charge in [-0.25, -0.2) is 9.59 Å². The normalized spacial score (nSPS) is 28.9. The molecule has 5 nitrogen and oxygen atoms in total. The molecular weight excluding hydrogens is 182 g/mol. The van der Waals surface area contributed by atoms with E-state index in [1.54, 1.807) is 6.92 Å². The third-order valence-electron chi connectivity index (χ3n) is 1.73. The lowest BCUT2D eigenvalue weighted by atomic mass is 10.3. The monoisotopic (exact) mass is 191 g/mol. The number of rotatable bonds is 1. The Bertz CT molecular complexity index is 220. The van der Waals surface area contributed by atoms with Crippen LogP contribution in [0, 0.1) is 0 Å². The third-order valence-corrected chi connectivity index (χ3v) is 2.95. The highest BCUT2D eigenvalue weighted by Crippen LogP contribution is 2.28. The minimum atomic E-state index is -1.17. The Labute approximate surface area is 73.4 Å². The molecule has 1 aliphatic heterocycles. The Kier molecular flexibility index (Phi) is 2.46. The van der Waals surface area contributed by atoms with Gasteiger partial charge in [0.1, 0.15) is 6.04 Å². The molecule has 1 heterocycles. The molecule has 0 aliphatic carbocycles. The van der Waals surface area contributed by atoms with Gasteiger partial charge in [0, 0.05) is 5.75 Å². The van der Waals surface area contributed by atoms with Gasteiger partial charge in [-0.1, -0.05) is 0 Å². The van der Waals surface area contributed by atoms with Crippen molar-refractivity contribution >= 4 is 23.8 Å². The number of amides is 1. The molecule has 1 fully saturated rings. The van der Waals surface area contributed by atoms with E-state index in [1.807, 2.05) is 0 Å². The van der Waals surface area contributed by atoms with Crippen molar-refractivity contribution < 1.29 is 19.8 Å². The molecule has 1 aliphatic rings. The van der Waals surface area contributed by atoms with Crippen molar-refractivity contribution in [3.63, 3.8) is 0 Å². The van der Waals surface area contributed by atoms with Crippen LogP contribution < -0.4 is 0 Å². The Morgan fingerprint density at radius 2 is 2.08 bits per heavy atom. The van der Waals surface area contributed by atoms with E-state index in [9.17, 15) is 9.59 Å². The summed E-state index contributed by atoms with van der Waals surface area (Å²) >= 11 is 1.33. The van der Waals surface area contributed by atoms with E-state index in [2.05, 4.69) is 0 Å². The Hall–Kier alpha value is -0.910. The SMILES string of the molecule is C[C@H]1SCC(C(=O)O)N1C(=O)O. The smallest absolute Gasteiger partial charge is 0.408 e. The van der Waals surface area contributed by atoms with E-state index in [4.69, 9.17) is 10.2 Å². The molecule has 0 radical (unpaired) electrons. The average Bonchev–Trinajstić information content (AvgIpc) is 2.30. The summed E-state index contributed by atoms with van der Waals surface area (Å²) in [4.78, 5) is 22.1. The number of hydrogen-bond acceptors (Lipinski definition) is 3. The second kappa shape index (κ2) is 3.22. The summed E-state index contributed by atoms with van der Waals surface area (Å²) in [6, 6.07) is -0.887. The van der Waals surface area contributed by atoms with Crippen molar-refractivity contribution in [2.24, 2.45) is 0 Å². The Balaban J connectivity index is 2.77. The lowest BCUT2D eigenvalue weighted by Gasteiger charge is -2.20. The van der Waals surface area contributed by atoms with E-state index in [0.29, 0.717) is 5.75 Å². The van der Waals surface area contributed by atoms with Crippen molar-refractivity contribution in [3.05, 3.63) is 0 Å². The first-order valence-electron chi connectivity index (χ1n) is 3.39. The summed E-state index contributed by atoms with van der Waals surface area (Å²) in [6.45, 7) is 1.68. The van der Waals surface area contributed by atoms with Crippen LogP contribution in [0.15, 0.2) is 0 Å². The predicted molar refractivity (Wildman–Crippen MR) is 43.2 cm³/mol. The second-order valence-corrected chi connectivity index (χ2v) is 3.83. The number of nitrogens with zero attached hydrogens (tertiary/aromatic N) is 1. The molecule has 2 N–H and O–H groups in total. The molecule has 12 heavy (non-hydrogen) atoms. The van der Waals surface area contributed by atoms with E-state index in [-0.39, 0.29) is 5.37 Å². The fraction of sp³-hybridized carbons (Fsp3) is 0.667. The molecule has 1 rings (SSSR count). The zero-order chi connectivity index (χ0) is 9.30. The third kappa shape index (κ3) is 1.47. The zero-order valence-electron chi connectivity index (χ0n) is 6.43.